The first-order chi connectivity index (χ1) is 10.3. The molecule has 5 heteroatoms. The van der Waals surface area contributed by atoms with Crippen LogP contribution in [0.1, 0.15) is 30.7 Å². The fourth-order valence-electron chi connectivity index (χ4n) is 2.22. The molecule has 110 valence electrons. The van der Waals surface area contributed by atoms with Crippen molar-refractivity contribution in [2.24, 2.45) is 0 Å². The van der Waals surface area contributed by atoms with Crippen LogP contribution in [0.2, 0.25) is 0 Å². The van der Waals surface area contributed by atoms with Gasteiger partial charge in [-0.1, -0.05) is 19.1 Å². The van der Waals surface area contributed by atoms with Gasteiger partial charge in [-0.3, -0.25) is 4.40 Å². The maximum atomic E-state index is 10.4. The number of imidazole rings is 1. The highest BCUT2D eigenvalue weighted by molar-refractivity contribution is 7.15. The molecule has 4 nitrogen and oxygen atoms in total. The summed E-state index contributed by atoms with van der Waals surface area (Å²) in [5, 5.41) is 12.4. The van der Waals surface area contributed by atoms with E-state index in [0.717, 1.165) is 28.4 Å². The predicted molar refractivity (Wildman–Crippen MR) is 84.0 cm³/mol. The fourth-order valence-corrected chi connectivity index (χ4v) is 2.94. The van der Waals surface area contributed by atoms with Crippen molar-refractivity contribution in [3.05, 3.63) is 53.3 Å². The average molecular weight is 302 g/mol. The molecule has 0 saturated heterocycles. The molecule has 2 heterocycles. The highest BCUT2D eigenvalue weighted by Gasteiger charge is 2.12. The lowest BCUT2D eigenvalue weighted by Crippen LogP contribution is -2.03. The predicted octanol–water partition coefficient (Wildman–Crippen LogP) is 3.46. The molecule has 1 unspecified atom stereocenters. The zero-order valence-electron chi connectivity index (χ0n) is 11.9. The van der Waals surface area contributed by atoms with E-state index in [1.165, 1.54) is 0 Å². The van der Waals surface area contributed by atoms with Gasteiger partial charge < -0.3 is 9.84 Å². The normalized spacial score (nSPS) is 12.7. The molecule has 0 fully saturated rings. The van der Waals surface area contributed by atoms with Crippen molar-refractivity contribution >= 4 is 16.3 Å². The van der Waals surface area contributed by atoms with Crippen molar-refractivity contribution in [2.75, 3.05) is 6.61 Å². The number of benzene rings is 1. The molecule has 0 bridgehead atoms. The first-order valence-electron chi connectivity index (χ1n) is 7.08. The Kier molecular flexibility index (Phi) is 4.22. The molecular formula is C16H18N2O2S. The van der Waals surface area contributed by atoms with Gasteiger partial charge in [-0.15, -0.1) is 11.3 Å². The fraction of sp³-hybridized carbons (Fsp3) is 0.312. The van der Waals surface area contributed by atoms with Gasteiger partial charge in [-0.2, -0.15) is 0 Å². The molecule has 0 aliphatic rings. The van der Waals surface area contributed by atoms with E-state index in [1.807, 2.05) is 46.4 Å². The number of hydrogen-bond donors (Lipinski definition) is 1. The summed E-state index contributed by atoms with van der Waals surface area (Å²) < 4.78 is 7.58. The molecule has 0 spiro atoms. The van der Waals surface area contributed by atoms with E-state index >= 15 is 0 Å². The molecule has 21 heavy (non-hydrogen) atoms. The van der Waals surface area contributed by atoms with Crippen molar-refractivity contribution < 1.29 is 9.84 Å². The average Bonchev–Trinajstić information content (AvgIpc) is 3.06. The summed E-state index contributed by atoms with van der Waals surface area (Å²) in [6.07, 6.45) is 4.85. The van der Waals surface area contributed by atoms with Gasteiger partial charge >= 0.3 is 0 Å². The van der Waals surface area contributed by atoms with Crippen molar-refractivity contribution in [2.45, 2.75) is 25.9 Å². The van der Waals surface area contributed by atoms with E-state index in [-0.39, 0.29) is 0 Å². The summed E-state index contributed by atoms with van der Waals surface area (Å²) in [7, 11) is 0. The van der Waals surface area contributed by atoms with Crippen LogP contribution in [0.3, 0.4) is 0 Å². The highest BCUT2D eigenvalue weighted by atomic mass is 32.1. The molecule has 2 aromatic heterocycles. The van der Waals surface area contributed by atoms with Gasteiger partial charge in [-0.25, -0.2) is 4.98 Å². The van der Waals surface area contributed by atoms with Crippen LogP contribution in [-0.2, 0) is 6.42 Å². The summed E-state index contributed by atoms with van der Waals surface area (Å²) in [4.78, 5) is 5.46. The number of thiazole rings is 1. The Morgan fingerprint density at radius 3 is 3.14 bits per heavy atom. The standard InChI is InChI=1S/C16H18N2O2S/c1-2-7-20-14-5-3-4-12(9-14)15(19)10-13-11-18-6-8-21-16(18)17-13/h3-6,8-9,11,15,19H,2,7,10H2,1H3. The quantitative estimate of drug-likeness (QED) is 0.758. The number of aliphatic hydroxyl groups is 1. The molecular weight excluding hydrogens is 284 g/mol. The lowest BCUT2D eigenvalue weighted by atomic mass is 10.1. The van der Waals surface area contributed by atoms with Crippen molar-refractivity contribution in [1.82, 2.24) is 9.38 Å². The number of rotatable bonds is 6. The van der Waals surface area contributed by atoms with Crippen molar-refractivity contribution in [3.8, 4) is 5.75 Å². The number of hydrogen-bond acceptors (Lipinski definition) is 4. The van der Waals surface area contributed by atoms with Gasteiger partial charge in [0.25, 0.3) is 0 Å². The summed E-state index contributed by atoms with van der Waals surface area (Å²) in [5.74, 6) is 0.805. The molecule has 0 aliphatic carbocycles. The second-order valence-electron chi connectivity index (χ2n) is 4.97. The lowest BCUT2D eigenvalue weighted by Gasteiger charge is -2.11. The van der Waals surface area contributed by atoms with Crippen LogP contribution in [0.25, 0.3) is 4.96 Å². The van der Waals surface area contributed by atoms with Crippen LogP contribution in [0, 0.1) is 0 Å². The largest absolute Gasteiger partial charge is 0.494 e. The Morgan fingerprint density at radius 1 is 1.43 bits per heavy atom. The minimum atomic E-state index is -0.570. The molecule has 1 N–H and O–H groups in total. The number of aromatic nitrogens is 2. The van der Waals surface area contributed by atoms with Gasteiger partial charge in [0.05, 0.1) is 18.4 Å². The van der Waals surface area contributed by atoms with Gasteiger partial charge in [0.15, 0.2) is 4.96 Å². The Morgan fingerprint density at radius 2 is 2.33 bits per heavy atom. The van der Waals surface area contributed by atoms with Crippen LogP contribution in [0.4, 0.5) is 0 Å². The van der Waals surface area contributed by atoms with Gasteiger partial charge in [0, 0.05) is 24.2 Å². The van der Waals surface area contributed by atoms with Crippen molar-refractivity contribution in [1.29, 1.82) is 0 Å². The molecule has 0 aliphatic heterocycles. The van der Waals surface area contributed by atoms with Crippen LogP contribution < -0.4 is 4.74 Å². The lowest BCUT2D eigenvalue weighted by molar-refractivity contribution is 0.176. The van der Waals surface area contributed by atoms with E-state index < -0.39 is 6.10 Å². The Hall–Kier alpha value is -1.85. The molecule has 3 rings (SSSR count). The first kappa shape index (κ1) is 14.1. The minimum Gasteiger partial charge on any atom is -0.494 e. The van der Waals surface area contributed by atoms with E-state index in [1.54, 1.807) is 11.3 Å². The minimum absolute atomic E-state index is 0.506. The zero-order valence-corrected chi connectivity index (χ0v) is 12.7. The van der Waals surface area contributed by atoms with E-state index in [9.17, 15) is 5.11 Å². The number of fused-ring (bicyclic) bond motifs is 1. The maximum Gasteiger partial charge on any atom is 0.193 e. The van der Waals surface area contributed by atoms with Crippen LogP contribution in [0.5, 0.6) is 5.75 Å². The van der Waals surface area contributed by atoms with Gasteiger partial charge in [0.2, 0.25) is 0 Å². The van der Waals surface area contributed by atoms with E-state index in [4.69, 9.17) is 4.74 Å². The zero-order chi connectivity index (χ0) is 14.7. The van der Waals surface area contributed by atoms with Crippen molar-refractivity contribution in [3.63, 3.8) is 0 Å². The third kappa shape index (κ3) is 3.25. The summed E-state index contributed by atoms with van der Waals surface area (Å²) >= 11 is 1.59. The summed E-state index contributed by atoms with van der Waals surface area (Å²) in [5.41, 5.74) is 1.76. The third-order valence-electron chi connectivity index (χ3n) is 3.26. The monoisotopic (exact) mass is 302 g/mol. The van der Waals surface area contributed by atoms with Crippen LogP contribution in [-0.4, -0.2) is 21.1 Å². The summed E-state index contributed by atoms with van der Waals surface area (Å²) in [6.45, 7) is 2.76. The molecule has 1 aromatic carbocycles. The van der Waals surface area contributed by atoms with Crippen LogP contribution in [0.15, 0.2) is 42.0 Å². The van der Waals surface area contributed by atoms with E-state index in [2.05, 4.69) is 11.9 Å². The van der Waals surface area contributed by atoms with E-state index in [0.29, 0.717) is 13.0 Å². The highest BCUT2D eigenvalue weighted by Crippen LogP contribution is 2.23. The molecule has 1 atom stereocenters. The maximum absolute atomic E-state index is 10.4. The SMILES string of the molecule is CCCOc1cccc(C(O)Cc2cn3ccsc3n2)c1. The number of ether oxygens (including phenoxy) is 1. The summed E-state index contributed by atoms with van der Waals surface area (Å²) in [6, 6.07) is 7.65. The smallest absolute Gasteiger partial charge is 0.193 e. The second-order valence-corrected chi connectivity index (χ2v) is 5.84. The Labute approximate surface area is 127 Å². The second kappa shape index (κ2) is 6.28. The Bertz CT molecular complexity index is 691. The molecule has 3 aromatic rings. The number of nitrogens with zero attached hydrogens (tertiary/aromatic N) is 2. The topological polar surface area (TPSA) is 46.8 Å². The molecule has 0 saturated carbocycles. The van der Waals surface area contributed by atoms with Crippen LogP contribution >= 0.6 is 11.3 Å². The van der Waals surface area contributed by atoms with Gasteiger partial charge in [0.1, 0.15) is 5.75 Å². The Balaban J connectivity index is 1.72. The third-order valence-corrected chi connectivity index (χ3v) is 4.03. The molecule has 0 radical (unpaired) electrons. The molecule has 0 amide bonds. The first-order valence-corrected chi connectivity index (χ1v) is 7.96. The van der Waals surface area contributed by atoms with Gasteiger partial charge in [-0.05, 0) is 24.1 Å². The number of aliphatic hydroxyl groups excluding tert-OH is 1.